The second kappa shape index (κ2) is 7.31. The molecule has 1 N–H and O–H groups in total. The quantitative estimate of drug-likeness (QED) is 0.584. The van der Waals surface area contributed by atoms with E-state index < -0.39 is 6.23 Å². The number of hydrogen-bond donors (Lipinski definition) is 1. The number of ether oxygens (including phenoxy) is 1. The van der Waals surface area contributed by atoms with Crippen molar-refractivity contribution in [1.82, 2.24) is 15.2 Å². The van der Waals surface area contributed by atoms with Gasteiger partial charge in [-0.15, -0.1) is 10.2 Å². The van der Waals surface area contributed by atoms with Gasteiger partial charge in [0.05, 0.1) is 5.02 Å². The Bertz CT molecular complexity index is 970. The number of thioether (sulfide) groups is 1. The van der Waals surface area contributed by atoms with Gasteiger partial charge in [0.25, 0.3) is 0 Å². The number of benzene rings is 2. The Hall–Kier alpha value is -2.02. The molecule has 0 aliphatic carbocycles. The van der Waals surface area contributed by atoms with Gasteiger partial charge in [-0.3, -0.25) is 0 Å². The Morgan fingerprint density at radius 3 is 2.81 bits per heavy atom. The van der Waals surface area contributed by atoms with E-state index in [2.05, 4.69) is 20.5 Å². The minimum absolute atomic E-state index is 0.421. The van der Waals surface area contributed by atoms with E-state index in [1.807, 2.05) is 37.3 Å². The predicted molar refractivity (Wildman–Crippen MR) is 105 cm³/mol. The number of nitrogens with zero attached hydrogens (tertiary/aromatic N) is 3. The van der Waals surface area contributed by atoms with Crippen molar-refractivity contribution in [2.24, 2.45) is 0 Å². The van der Waals surface area contributed by atoms with Gasteiger partial charge in [-0.1, -0.05) is 66.2 Å². The van der Waals surface area contributed by atoms with E-state index in [-0.39, 0.29) is 0 Å². The molecular weight excluding hydrogens is 391 g/mol. The van der Waals surface area contributed by atoms with E-state index >= 15 is 0 Å². The molecule has 4 rings (SSSR count). The van der Waals surface area contributed by atoms with E-state index in [1.165, 1.54) is 11.8 Å². The summed E-state index contributed by atoms with van der Waals surface area (Å²) in [5, 5.41) is 13.6. The molecule has 3 aromatic rings. The Morgan fingerprint density at radius 1 is 1.15 bits per heavy atom. The smallest absolute Gasteiger partial charge is 0.247 e. The van der Waals surface area contributed by atoms with Crippen molar-refractivity contribution in [3.63, 3.8) is 0 Å². The average Bonchev–Trinajstić information content (AvgIpc) is 2.78. The summed E-state index contributed by atoms with van der Waals surface area (Å²) in [6, 6.07) is 13.1. The summed E-state index contributed by atoms with van der Waals surface area (Å²) in [6.07, 6.45) is -0.529. The summed E-state index contributed by atoms with van der Waals surface area (Å²) in [5.41, 5.74) is 3.11. The molecule has 1 atom stereocenters. The number of fused-ring (bicyclic) bond motifs is 3. The van der Waals surface area contributed by atoms with E-state index in [0.717, 1.165) is 22.6 Å². The second-order valence-corrected chi connectivity index (χ2v) is 7.61. The molecule has 1 aromatic heterocycles. The van der Waals surface area contributed by atoms with Crippen molar-refractivity contribution in [2.45, 2.75) is 18.3 Å². The van der Waals surface area contributed by atoms with Gasteiger partial charge in [0.1, 0.15) is 0 Å². The molecule has 0 saturated heterocycles. The molecule has 5 nitrogen and oxygen atoms in total. The number of para-hydroxylation sites is 1. The molecule has 1 unspecified atom stereocenters. The van der Waals surface area contributed by atoms with Crippen molar-refractivity contribution in [3.8, 4) is 17.1 Å². The fourth-order valence-electron chi connectivity index (χ4n) is 2.69. The van der Waals surface area contributed by atoms with Crippen molar-refractivity contribution in [2.75, 3.05) is 11.1 Å². The molecule has 0 bridgehead atoms. The second-order valence-electron chi connectivity index (χ2n) is 5.53. The van der Waals surface area contributed by atoms with E-state index in [4.69, 9.17) is 27.9 Å². The lowest BCUT2D eigenvalue weighted by molar-refractivity contribution is 0.225. The van der Waals surface area contributed by atoms with Gasteiger partial charge in [0.15, 0.2) is 11.9 Å². The van der Waals surface area contributed by atoms with Gasteiger partial charge in [0.2, 0.25) is 11.0 Å². The van der Waals surface area contributed by atoms with Crippen LogP contribution in [0, 0.1) is 0 Å². The molecule has 1 aliphatic heterocycles. The Labute approximate surface area is 165 Å². The normalized spacial score (nSPS) is 15.3. The monoisotopic (exact) mass is 404 g/mol. The minimum Gasteiger partial charge on any atom is -0.448 e. The van der Waals surface area contributed by atoms with E-state index in [9.17, 15) is 0 Å². The van der Waals surface area contributed by atoms with Crippen LogP contribution >= 0.6 is 35.0 Å². The molecule has 0 spiro atoms. The van der Waals surface area contributed by atoms with Crippen LogP contribution in [-0.2, 0) is 0 Å². The summed E-state index contributed by atoms with van der Waals surface area (Å²) in [7, 11) is 0. The Kier molecular flexibility index (Phi) is 4.89. The summed E-state index contributed by atoms with van der Waals surface area (Å²) in [4.78, 5) is 4.54. The van der Waals surface area contributed by atoms with Crippen LogP contribution in [0.1, 0.15) is 18.7 Å². The predicted octanol–water partition coefficient (Wildman–Crippen LogP) is 5.46. The molecule has 1 aliphatic rings. The zero-order chi connectivity index (χ0) is 18.1. The van der Waals surface area contributed by atoms with Gasteiger partial charge in [-0.25, -0.2) is 0 Å². The highest BCUT2D eigenvalue weighted by molar-refractivity contribution is 7.99. The van der Waals surface area contributed by atoms with Crippen LogP contribution in [0.4, 0.5) is 5.69 Å². The van der Waals surface area contributed by atoms with Crippen molar-refractivity contribution < 1.29 is 4.74 Å². The molecule has 0 saturated carbocycles. The molecule has 132 valence electrons. The summed E-state index contributed by atoms with van der Waals surface area (Å²) in [5.74, 6) is 1.27. The number of anilines is 1. The van der Waals surface area contributed by atoms with Crippen LogP contribution in [0.3, 0.4) is 0 Å². The summed E-state index contributed by atoms with van der Waals surface area (Å²) < 4.78 is 6.17. The van der Waals surface area contributed by atoms with E-state index in [1.54, 1.807) is 12.1 Å². The molecule has 8 heteroatoms. The number of rotatable bonds is 3. The average molecular weight is 405 g/mol. The zero-order valence-electron chi connectivity index (χ0n) is 13.7. The van der Waals surface area contributed by atoms with Crippen LogP contribution in [0.5, 0.6) is 5.88 Å². The van der Waals surface area contributed by atoms with Crippen LogP contribution in [0.2, 0.25) is 10.0 Å². The third-order valence-corrected chi connectivity index (χ3v) is 5.13. The Morgan fingerprint density at radius 2 is 2.00 bits per heavy atom. The first-order chi connectivity index (χ1) is 12.7. The molecule has 2 heterocycles. The largest absolute Gasteiger partial charge is 0.448 e. The molecule has 0 fully saturated rings. The number of halogens is 2. The fraction of sp³-hybridized carbons (Fsp3) is 0.167. The first-order valence-corrected chi connectivity index (χ1v) is 9.75. The van der Waals surface area contributed by atoms with Crippen LogP contribution in [0.15, 0.2) is 47.6 Å². The van der Waals surface area contributed by atoms with Gasteiger partial charge in [-0.2, -0.15) is 4.98 Å². The Balaban J connectivity index is 1.84. The molecule has 0 radical (unpaired) electrons. The maximum atomic E-state index is 6.39. The summed E-state index contributed by atoms with van der Waals surface area (Å²) >= 11 is 13.9. The maximum Gasteiger partial charge on any atom is 0.247 e. The van der Waals surface area contributed by atoms with Crippen molar-refractivity contribution in [3.05, 3.63) is 58.1 Å². The number of nitrogens with one attached hydrogen (secondary N) is 1. The lowest BCUT2D eigenvalue weighted by atomic mass is 10.1. The molecule has 26 heavy (non-hydrogen) atoms. The van der Waals surface area contributed by atoms with Crippen LogP contribution < -0.4 is 10.1 Å². The highest BCUT2D eigenvalue weighted by atomic mass is 35.5. The lowest BCUT2D eigenvalue weighted by Crippen LogP contribution is -2.17. The van der Waals surface area contributed by atoms with Gasteiger partial charge in [-0.05, 0) is 24.0 Å². The topological polar surface area (TPSA) is 59.9 Å². The standard InChI is InChI=1S/C18H14Cl2N4OS/c1-2-26-18-22-17-15(23-24-18)12-5-3-4-6-14(12)21-16(25-17)11-8-7-10(19)9-13(11)20/h3-9,16,21H,2H2,1H3. The molecular formula is C18H14Cl2N4OS. The highest BCUT2D eigenvalue weighted by Gasteiger charge is 2.27. The summed E-state index contributed by atoms with van der Waals surface area (Å²) in [6.45, 7) is 2.04. The number of aromatic nitrogens is 3. The first kappa shape index (κ1) is 17.4. The van der Waals surface area contributed by atoms with Crippen LogP contribution in [-0.4, -0.2) is 20.9 Å². The lowest BCUT2D eigenvalue weighted by Gasteiger charge is -2.20. The first-order valence-electron chi connectivity index (χ1n) is 8.00. The van der Waals surface area contributed by atoms with Gasteiger partial charge >= 0.3 is 0 Å². The van der Waals surface area contributed by atoms with Crippen LogP contribution in [0.25, 0.3) is 11.3 Å². The SMILES string of the molecule is CCSc1nnc2c(n1)OC(c1ccc(Cl)cc1Cl)Nc1ccccc1-2. The fourth-order valence-corrected chi connectivity index (χ4v) is 3.70. The van der Waals surface area contributed by atoms with Gasteiger partial charge < -0.3 is 10.1 Å². The number of hydrogen-bond acceptors (Lipinski definition) is 6. The minimum atomic E-state index is -0.529. The zero-order valence-corrected chi connectivity index (χ0v) is 16.1. The maximum absolute atomic E-state index is 6.39. The third kappa shape index (κ3) is 3.32. The van der Waals surface area contributed by atoms with Crippen molar-refractivity contribution >= 4 is 40.7 Å². The van der Waals surface area contributed by atoms with E-state index in [0.29, 0.717) is 26.8 Å². The van der Waals surface area contributed by atoms with Crippen molar-refractivity contribution in [1.29, 1.82) is 0 Å². The van der Waals surface area contributed by atoms with Gasteiger partial charge in [0, 0.05) is 21.8 Å². The molecule has 2 aromatic carbocycles. The molecule has 0 amide bonds. The third-order valence-electron chi connectivity index (χ3n) is 3.85. The highest BCUT2D eigenvalue weighted by Crippen LogP contribution is 2.40.